The van der Waals surface area contributed by atoms with Crippen molar-refractivity contribution in [2.45, 2.75) is 23.8 Å². The first-order valence-corrected chi connectivity index (χ1v) is 7.76. The van der Waals surface area contributed by atoms with Gasteiger partial charge >= 0.3 is 5.97 Å². The largest absolute Gasteiger partial charge is 0.480 e. The van der Waals surface area contributed by atoms with E-state index in [2.05, 4.69) is 4.72 Å². The molecule has 19 heavy (non-hydrogen) atoms. The fourth-order valence-electron chi connectivity index (χ4n) is 1.70. The molecule has 0 spiro atoms. The summed E-state index contributed by atoms with van der Waals surface area (Å²) >= 11 is 11.6. The molecule has 1 aromatic carbocycles. The SMILES string of the molecule is O=C(O)C(NS(=O)(=O)c1cccc(Cl)c1Cl)C1CC1. The van der Waals surface area contributed by atoms with Crippen LogP contribution in [0.5, 0.6) is 0 Å². The first kappa shape index (κ1) is 14.6. The van der Waals surface area contributed by atoms with Gasteiger partial charge in [0, 0.05) is 0 Å². The molecule has 1 aliphatic rings. The minimum Gasteiger partial charge on any atom is -0.480 e. The monoisotopic (exact) mass is 323 g/mol. The van der Waals surface area contributed by atoms with Crippen LogP contribution in [0.3, 0.4) is 0 Å². The molecule has 104 valence electrons. The molecule has 0 bridgehead atoms. The molecular weight excluding hydrogens is 313 g/mol. The topological polar surface area (TPSA) is 83.5 Å². The number of rotatable bonds is 5. The summed E-state index contributed by atoms with van der Waals surface area (Å²) in [6.07, 6.45) is 1.39. The summed E-state index contributed by atoms with van der Waals surface area (Å²) in [7, 11) is -4.01. The zero-order chi connectivity index (χ0) is 14.2. The van der Waals surface area contributed by atoms with Crippen LogP contribution in [0.15, 0.2) is 23.1 Å². The molecule has 1 aliphatic carbocycles. The molecule has 0 amide bonds. The average Bonchev–Trinajstić information content (AvgIpc) is 3.13. The predicted octanol–water partition coefficient (Wildman–Crippen LogP) is 2.13. The highest BCUT2D eigenvalue weighted by molar-refractivity contribution is 7.89. The maximum atomic E-state index is 12.1. The van der Waals surface area contributed by atoms with E-state index in [0.29, 0.717) is 12.8 Å². The first-order valence-electron chi connectivity index (χ1n) is 5.52. The number of benzene rings is 1. The summed E-state index contributed by atoms with van der Waals surface area (Å²) in [5.74, 6) is -1.35. The molecule has 1 aromatic rings. The summed E-state index contributed by atoms with van der Waals surface area (Å²) in [5.41, 5.74) is 0. The standard InChI is InChI=1S/C11H11Cl2NO4S/c12-7-2-1-3-8(9(7)13)19(17,18)14-10(11(15)16)6-4-5-6/h1-3,6,10,14H,4-5H2,(H,15,16). The van der Waals surface area contributed by atoms with Crippen LogP contribution in [0, 0.1) is 5.92 Å². The minimum atomic E-state index is -4.01. The lowest BCUT2D eigenvalue weighted by molar-refractivity contribution is -0.139. The first-order chi connectivity index (χ1) is 8.83. The van der Waals surface area contributed by atoms with E-state index in [1.807, 2.05) is 0 Å². The van der Waals surface area contributed by atoms with E-state index in [9.17, 15) is 13.2 Å². The van der Waals surface area contributed by atoms with Gasteiger partial charge in [-0.05, 0) is 30.9 Å². The van der Waals surface area contributed by atoms with Gasteiger partial charge in [-0.3, -0.25) is 4.79 Å². The second-order valence-corrected chi connectivity index (χ2v) is 6.79. The molecule has 2 N–H and O–H groups in total. The van der Waals surface area contributed by atoms with Gasteiger partial charge in [-0.25, -0.2) is 8.42 Å². The number of carboxylic acid groups (broad SMARTS) is 1. The van der Waals surface area contributed by atoms with Gasteiger partial charge in [0.25, 0.3) is 0 Å². The number of carbonyl (C=O) groups is 1. The van der Waals surface area contributed by atoms with Crippen LogP contribution in [0.1, 0.15) is 12.8 Å². The van der Waals surface area contributed by atoms with E-state index >= 15 is 0 Å². The Morgan fingerprint density at radius 2 is 2.00 bits per heavy atom. The van der Waals surface area contributed by atoms with Crippen molar-refractivity contribution >= 4 is 39.2 Å². The lowest BCUT2D eigenvalue weighted by Crippen LogP contribution is -2.42. The van der Waals surface area contributed by atoms with Gasteiger partial charge in [0.2, 0.25) is 10.0 Å². The lowest BCUT2D eigenvalue weighted by Gasteiger charge is -2.15. The number of hydrogen-bond donors (Lipinski definition) is 2. The average molecular weight is 324 g/mol. The second-order valence-electron chi connectivity index (χ2n) is 4.33. The van der Waals surface area contributed by atoms with Gasteiger partial charge in [0.1, 0.15) is 10.9 Å². The summed E-state index contributed by atoms with van der Waals surface area (Å²) < 4.78 is 26.4. The Morgan fingerprint density at radius 3 is 2.53 bits per heavy atom. The highest BCUT2D eigenvalue weighted by Crippen LogP contribution is 2.34. The molecule has 1 fully saturated rings. The predicted molar refractivity (Wildman–Crippen MR) is 70.9 cm³/mol. The second kappa shape index (κ2) is 5.28. The van der Waals surface area contributed by atoms with E-state index in [0.717, 1.165) is 0 Å². The number of nitrogens with one attached hydrogen (secondary N) is 1. The smallest absolute Gasteiger partial charge is 0.322 e. The molecule has 0 aromatic heterocycles. The van der Waals surface area contributed by atoms with E-state index in [-0.39, 0.29) is 20.9 Å². The quantitative estimate of drug-likeness (QED) is 0.869. The van der Waals surface area contributed by atoms with Crippen LogP contribution in [0.25, 0.3) is 0 Å². The van der Waals surface area contributed by atoms with Crippen molar-refractivity contribution in [3.05, 3.63) is 28.2 Å². The Morgan fingerprint density at radius 1 is 1.37 bits per heavy atom. The highest BCUT2D eigenvalue weighted by atomic mass is 35.5. The molecule has 2 rings (SSSR count). The van der Waals surface area contributed by atoms with Crippen molar-refractivity contribution in [3.63, 3.8) is 0 Å². The van der Waals surface area contributed by atoms with Crippen molar-refractivity contribution in [2.24, 2.45) is 5.92 Å². The van der Waals surface area contributed by atoms with Gasteiger partial charge in [0.05, 0.1) is 10.0 Å². The fourth-order valence-corrected chi connectivity index (χ4v) is 3.72. The number of sulfonamides is 1. The third-order valence-electron chi connectivity index (χ3n) is 2.85. The van der Waals surface area contributed by atoms with E-state index in [1.54, 1.807) is 0 Å². The Labute approximate surface area is 120 Å². The van der Waals surface area contributed by atoms with E-state index in [4.69, 9.17) is 28.3 Å². The van der Waals surface area contributed by atoms with Crippen LogP contribution < -0.4 is 4.72 Å². The molecule has 0 radical (unpaired) electrons. The van der Waals surface area contributed by atoms with Crippen molar-refractivity contribution in [2.75, 3.05) is 0 Å². The van der Waals surface area contributed by atoms with Crippen molar-refractivity contribution in [1.82, 2.24) is 4.72 Å². The molecule has 0 heterocycles. The van der Waals surface area contributed by atoms with Crippen molar-refractivity contribution in [1.29, 1.82) is 0 Å². The Balaban J connectivity index is 2.32. The minimum absolute atomic E-state index is 0.0999. The van der Waals surface area contributed by atoms with Crippen LogP contribution in [0.4, 0.5) is 0 Å². The molecule has 1 atom stereocenters. The third-order valence-corrected chi connectivity index (χ3v) is 5.26. The van der Waals surface area contributed by atoms with Gasteiger partial charge < -0.3 is 5.11 Å². The van der Waals surface area contributed by atoms with Crippen LogP contribution in [-0.2, 0) is 14.8 Å². The molecule has 8 heteroatoms. The number of hydrogen-bond acceptors (Lipinski definition) is 3. The summed E-state index contributed by atoms with van der Waals surface area (Å²) in [5, 5.41) is 9.02. The van der Waals surface area contributed by atoms with Crippen LogP contribution in [0.2, 0.25) is 10.0 Å². The fraction of sp³-hybridized carbons (Fsp3) is 0.364. The number of carboxylic acids is 1. The maximum Gasteiger partial charge on any atom is 0.322 e. The molecule has 1 saturated carbocycles. The summed E-state index contributed by atoms with van der Waals surface area (Å²) in [4.78, 5) is 10.8. The summed E-state index contributed by atoms with van der Waals surface area (Å²) in [6, 6.07) is 3.05. The zero-order valence-electron chi connectivity index (χ0n) is 9.64. The number of aliphatic carboxylic acids is 1. The Hall–Kier alpha value is -0.820. The van der Waals surface area contributed by atoms with Gasteiger partial charge in [-0.1, -0.05) is 29.3 Å². The highest BCUT2D eigenvalue weighted by Gasteiger charge is 2.39. The van der Waals surface area contributed by atoms with Gasteiger partial charge in [-0.2, -0.15) is 4.72 Å². The van der Waals surface area contributed by atoms with Gasteiger partial charge in [0.15, 0.2) is 0 Å². The van der Waals surface area contributed by atoms with Crippen LogP contribution >= 0.6 is 23.2 Å². The normalized spacial score (nSPS) is 17.2. The molecule has 5 nitrogen and oxygen atoms in total. The Bertz CT molecular complexity index is 613. The lowest BCUT2D eigenvalue weighted by atomic mass is 10.2. The molecule has 1 unspecified atom stereocenters. The van der Waals surface area contributed by atoms with Gasteiger partial charge in [-0.15, -0.1) is 0 Å². The maximum absolute atomic E-state index is 12.1. The van der Waals surface area contributed by atoms with Crippen LogP contribution in [-0.4, -0.2) is 25.5 Å². The summed E-state index contributed by atoms with van der Waals surface area (Å²) in [6.45, 7) is 0. The van der Waals surface area contributed by atoms with Crippen molar-refractivity contribution in [3.8, 4) is 0 Å². The Kier molecular flexibility index (Phi) is 4.06. The van der Waals surface area contributed by atoms with E-state index in [1.165, 1.54) is 18.2 Å². The number of halogens is 2. The third kappa shape index (κ3) is 3.20. The molecular formula is C11H11Cl2NO4S. The molecule has 0 saturated heterocycles. The van der Waals surface area contributed by atoms with Crippen molar-refractivity contribution < 1.29 is 18.3 Å². The molecule has 0 aliphatic heterocycles. The van der Waals surface area contributed by atoms with E-state index < -0.39 is 22.0 Å². The zero-order valence-corrected chi connectivity index (χ0v) is 12.0.